The van der Waals surface area contributed by atoms with Crippen LogP contribution in [0, 0.1) is 5.92 Å². The minimum atomic E-state index is 0.560. The first-order chi connectivity index (χ1) is 7.16. The first kappa shape index (κ1) is 11.1. The summed E-state index contributed by atoms with van der Waals surface area (Å²) in [6.07, 6.45) is 2.81. The molecule has 15 heavy (non-hydrogen) atoms. The predicted molar refractivity (Wildman–Crippen MR) is 65.2 cm³/mol. The van der Waals surface area contributed by atoms with Crippen LogP contribution in [-0.2, 0) is 6.54 Å². The van der Waals surface area contributed by atoms with Crippen LogP contribution < -0.4 is 5.32 Å². The van der Waals surface area contributed by atoms with Gasteiger partial charge in [0.25, 0.3) is 0 Å². The minimum Gasteiger partial charge on any atom is -0.308 e. The quantitative estimate of drug-likeness (QED) is 0.831. The van der Waals surface area contributed by atoms with Gasteiger partial charge < -0.3 is 5.32 Å². The molecule has 1 aliphatic carbocycles. The minimum absolute atomic E-state index is 0.560. The number of nitrogens with one attached hydrogen (secondary N) is 1. The molecular formula is C12H20N2S. The molecule has 0 spiro atoms. The van der Waals surface area contributed by atoms with Crippen molar-refractivity contribution in [1.82, 2.24) is 10.3 Å². The maximum absolute atomic E-state index is 4.62. The SMILES string of the molecule is CC(C)c1nc(CNC(C)C2CC2)cs1. The summed E-state index contributed by atoms with van der Waals surface area (Å²) in [5.41, 5.74) is 1.20. The summed E-state index contributed by atoms with van der Waals surface area (Å²) in [7, 11) is 0. The molecule has 0 radical (unpaired) electrons. The topological polar surface area (TPSA) is 24.9 Å². The molecule has 84 valence electrons. The fourth-order valence-corrected chi connectivity index (χ4v) is 2.53. The summed E-state index contributed by atoms with van der Waals surface area (Å²) in [6.45, 7) is 7.61. The highest BCUT2D eigenvalue weighted by Gasteiger charge is 2.27. The van der Waals surface area contributed by atoms with Gasteiger partial charge in [-0.2, -0.15) is 0 Å². The maximum Gasteiger partial charge on any atom is 0.0954 e. The molecule has 0 aliphatic heterocycles. The van der Waals surface area contributed by atoms with Gasteiger partial charge in [0.05, 0.1) is 10.7 Å². The van der Waals surface area contributed by atoms with Crippen LogP contribution in [0.4, 0.5) is 0 Å². The van der Waals surface area contributed by atoms with Crippen LogP contribution in [0.1, 0.15) is 50.2 Å². The molecule has 1 saturated carbocycles. The first-order valence-corrected chi connectivity index (χ1v) is 6.72. The van der Waals surface area contributed by atoms with Crippen LogP contribution in [0.15, 0.2) is 5.38 Å². The van der Waals surface area contributed by atoms with Gasteiger partial charge >= 0.3 is 0 Å². The number of rotatable bonds is 5. The number of aromatic nitrogens is 1. The average Bonchev–Trinajstić information content (AvgIpc) is 2.93. The third kappa shape index (κ3) is 3.02. The van der Waals surface area contributed by atoms with Crippen LogP contribution in [0.5, 0.6) is 0 Å². The Morgan fingerprint density at radius 1 is 1.47 bits per heavy atom. The van der Waals surface area contributed by atoms with Crippen LogP contribution >= 0.6 is 11.3 Å². The van der Waals surface area contributed by atoms with E-state index in [0.717, 1.165) is 12.5 Å². The van der Waals surface area contributed by atoms with E-state index in [1.165, 1.54) is 23.5 Å². The van der Waals surface area contributed by atoms with Crippen molar-refractivity contribution < 1.29 is 0 Å². The van der Waals surface area contributed by atoms with Gasteiger partial charge in [-0.3, -0.25) is 0 Å². The van der Waals surface area contributed by atoms with Crippen LogP contribution in [-0.4, -0.2) is 11.0 Å². The monoisotopic (exact) mass is 224 g/mol. The third-order valence-corrected chi connectivity index (χ3v) is 4.19. The molecule has 2 rings (SSSR count). The molecule has 1 aliphatic rings. The van der Waals surface area contributed by atoms with E-state index in [1.54, 1.807) is 11.3 Å². The van der Waals surface area contributed by atoms with Gasteiger partial charge in [0, 0.05) is 23.9 Å². The van der Waals surface area contributed by atoms with Gasteiger partial charge in [-0.1, -0.05) is 13.8 Å². The van der Waals surface area contributed by atoms with Crippen molar-refractivity contribution in [2.75, 3.05) is 0 Å². The van der Waals surface area contributed by atoms with E-state index >= 15 is 0 Å². The van der Waals surface area contributed by atoms with E-state index in [9.17, 15) is 0 Å². The fourth-order valence-electron chi connectivity index (χ4n) is 1.70. The highest BCUT2D eigenvalue weighted by molar-refractivity contribution is 7.09. The Labute approximate surface area is 96.1 Å². The summed E-state index contributed by atoms with van der Waals surface area (Å²) in [6, 6.07) is 0.661. The van der Waals surface area contributed by atoms with Crippen molar-refractivity contribution >= 4 is 11.3 Å². The average molecular weight is 224 g/mol. The van der Waals surface area contributed by atoms with Gasteiger partial charge in [0.15, 0.2) is 0 Å². The van der Waals surface area contributed by atoms with Gasteiger partial charge in [-0.15, -0.1) is 11.3 Å². The number of thiazole rings is 1. The van der Waals surface area contributed by atoms with Gasteiger partial charge in [-0.25, -0.2) is 4.98 Å². The van der Waals surface area contributed by atoms with E-state index in [-0.39, 0.29) is 0 Å². The molecule has 0 aromatic carbocycles. The Morgan fingerprint density at radius 2 is 2.20 bits per heavy atom. The molecule has 2 nitrogen and oxygen atoms in total. The van der Waals surface area contributed by atoms with Gasteiger partial charge in [0.2, 0.25) is 0 Å². The Morgan fingerprint density at radius 3 is 2.73 bits per heavy atom. The lowest BCUT2D eigenvalue weighted by molar-refractivity contribution is 0.492. The lowest BCUT2D eigenvalue weighted by atomic mass is 10.2. The van der Waals surface area contributed by atoms with Crippen molar-refractivity contribution in [2.45, 2.75) is 52.1 Å². The highest BCUT2D eigenvalue weighted by atomic mass is 32.1. The van der Waals surface area contributed by atoms with Crippen molar-refractivity contribution in [2.24, 2.45) is 5.92 Å². The molecule has 1 N–H and O–H groups in total. The Balaban J connectivity index is 1.82. The molecule has 1 aromatic heterocycles. The standard InChI is InChI=1S/C12H20N2S/c1-8(2)12-14-11(7-15-12)6-13-9(3)10-4-5-10/h7-10,13H,4-6H2,1-3H3. The van der Waals surface area contributed by atoms with E-state index in [0.29, 0.717) is 12.0 Å². The van der Waals surface area contributed by atoms with Crippen molar-refractivity contribution in [3.8, 4) is 0 Å². The zero-order chi connectivity index (χ0) is 10.8. The van der Waals surface area contributed by atoms with Crippen LogP contribution in [0.3, 0.4) is 0 Å². The second-order valence-electron chi connectivity index (χ2n) is 4.84. The van der Waals surface area contributed by atoms with E-state index < -0.39 is 0 Å². The number of nitrogens with zero attached hydrogens (tertiary/aromatic N) is 1. The molecule has 1 fully saturated rings. The van der Waals surface area contributed by atoms with Crippen molar-refractivity contribution in [1.29, 1.82) is 0 Å². The second-order valence-corrected chi connectivity index (χ2v) is 5.73. The van der Waals surface area contributed by atoms with Crippen molar-refractivity contribution in [3.05, 3.63) is 16.1 Å². The highest BCUT2D eigenvalue weighted by Crippen LogP contribution is 2.32. The summed E-state index contributed by atoms with van der Waals surface area (Å²) in [4.78, 5) is 4.62. The summed E-state index contributed by atoms with van der Waals surface area (Å²) in [5, 5.41) is 7.00. The lowest BCUT2D eigenvalue weighted by Gasteiger charge is -2.10. The first-order valence-electron chi connectivity index (χ1n) is 5.84. The zero-order valence-corrected chi connectivity index (χ0v) is 10.6. The lowest BCUT2D eigenvalue weighted by Crippen LogP contribution is -2.27. The van der Waals surface area contributed by atoms with Crippen LogP contribution in [0.2, 0.25) is 0 Å². The second kappa shape index (κ2) is 4.62. The Hall–Kier alpha value is -0.410. The van der Waals surface area contributed by atoms with E-state index in [2.05, 4.69) is 36.5 Å². The maximum atomic E-state index is 4.62. The van der Waals surface area contributed by atoms with E-state index in [1.807, 2.05) is 0 Å². The summed E-state index contributed by atoms with van der Waals surface area (Å²) >= 11 is 1.78. The summed E-state index contributed by atoms with van der Waals surface area (Å²) < 4.78 is 0. The van der Waals surface area contributed by atoms with Crippen LogP contribution in [0.25, 0.3) is 0 Å². The predicted octanol–water partition coefficient (Wildman–Crippen LogP) is 3.15. The number of hydrogen-bond donors (Lipinski definition) is 1. The molecule has 1 atom stereocenters. The molecule has 0 amide bonds. The Kier molecular flexibility index (Phi) is 3.42. The smallest absolute Gasteiger partial charge is 0.0954 e. The molecule has 0 bridgehead atoms. The molecule has 1 heterocycles. The molecule has 1 unspecified atom stereocenters. The molecule has 3 heteroatoms. The normalized spacial score (nSPS) is 18.4. The zero-order valence-electron chi connectivity index (χ0n) is 9.79. The van der Waals surface area contributed by atoms with Crippen molar-refractivity contribution in [3.63, 3.8) is 0 Å². The fraction of sp³-hybridized carbons (Fsp3) is 0.750. The molecular weight excluding hydrogens is 204 g/mol. The van der Waals surface area contributed by atoms with E-state index in [4.69, 9.17) is 0 Å². The summed E-state index contributed by atoms with van der Waals surface area (Å²) in [5.74, 6) is 1.48. The van der Waals surface area contributed by atoms with Gasteiger partial charge in [-0.05, 0) is 25.7 Å². The molecule has 1 aromatic rings. The van der Waals surface area contributed by atoms with Gasteiger partial charge in [0.1, 0.15) is 0 Å². The Bertz CT molecular complexity index is 315. The third-order valence-electron chi connectivity index (χ3n) is 3.00. The number of hydrogen-bond acceptors (Lipinski definition) is 3. The largest absolute Gasteiger partial charge is 0.308 e. The molecule has 0 saturated heterocycles.